The number of anilines is 1. The number of ether oxygens (including phenoxy) is 2. The van der Waals surface area contributed by atoms with Crippen LogP contribution in [0.4, 0.5) is 5.13 Å². The number of carbonyl (C=O) groups is 2. The predicted octanol–water partition coefficient (Wildman–Crippen LogP) is 2.65. The minimum atomic E-state index is -0.504. The summed E-state index contributed by atoms with van der Waals surface area (Å²) in [5.74, 6) is -0.229. The van der Waals surface area contributed by atoms with E-state index in [1.54, 1.807) is 19.1 Å². The summed E-state index contributed by atoms with van der Waals surface area (Å²) in [5, 5.41) is 4.45. The lowest BCUT2D eigenvalue weighted by Gasteiger charge is -2.05. The van der Waals surface area contributed by atoms with Crippen molar-refractivity contribution in [3.05, 3.63) is 40.9 Å². The van der Waals surface area contributed by atoms with Crippen molar-refractivity contribution in [1.82, 2.24) is 4.98 Å². The molecule has 1 N–H and O–H groups in total. The standard InChI is InChI=1S/C15H16N2O4S/c1-3-20-14(19)12-9-22-15(16-12)17-13(18)8-21-11-6-4-10(2)5-7-11/h4-7,9H,3,8H2,1-2H3,(H,16,17,18). The topological polar surface area (TPSA) is 77.5 Å². The number of aryl methyl sites for hydroxylation is 1. The summed E-state index contributed by atoms with van der Waals surface area (Å²) in [4.78, 5) is 27.2. The van der Waals surface area contributed by atoms with Crippen molar-refractivity contribution < 1.29 is 19.1 Å². The summed E-state index contributed by atoms with van der Waals surface area (Å²) >= 11 is 1.16. The summed E-state index contributed by atoms with van der Waals surface area (Å²) in [6, 6.07) is 7.40. The van der Waals surface area contributed by atoms with Gasteiger partial charge in [-0.15, -0.1) is 11.3 Å². The number of hydrogen-bond acceptors (Lipinski definition) is 6. The highest BCUT2D eigenvalue weighted by Crippen LogP contribution is 2.16. The molecule has 116 valence electrons. The molecule has 2 aromatic rings. The van der Waals surface area contributed by atoms with Crippen molar-refractivity contribution in [1.29, 1.82) is 0 Å². The van der Waals surface area contributed by atoms with Crippen molar-refractivity contribution in [2.75, 3.05) is 18.5 Å². The van der Waals surface area contributed by atoms with Gasteiger partial charge in [0.05, 0.1) is 6.61 Å². The van der Waals surface area contributed by atoms with Crippen LogP contribution < -0.4 is 10.1 Å². The second-order valence-electron chi connectivity index (χ2n) is 4.41. The molecule has 6 nitrogen and oxygen atoms in total. The van der Waals surface area contributed by atoms with Crippen LogP contribution in [0, 0.1) is 6.92 Å². The maximum Gasteiger partial charge on any atom is 0.357 e. The van der Waals surface area contributed by atoms with E-state index in [1.807, 2.05) is 19.1 Å². The van der Waals surface area contributed by atoms with Crippen LogP contribution in [0.25, 0.3) is 0 Å². The third kappa shape index (κ3) is 4.56. The number of aromatic nitrogens is 1. The summed E-state index contributed by atoms with van der Waals surface area (Å²) in [6.07, 6.45) is 0. The fourth-order valence-corrected chi connectivity index (χ4v) is 2.26. The largest absolute Gasteiger partial charge is 0.484 e. The van der Waals surface area contributed by atoms with Crippen LogP contribution in [0.5, 0.6) is 5.75 Å². The number of benzene rings is 1. The van der Waals surface area contributed by atoms with E-state index in [1.165, 1.54) is 5.38 Å². The van der Waals surface area contributed by atoms with Gasteiger partial charge < -0.3 is 9.47 Å². The minimum absolute atomic E-state index is 0.128. The Hall–Kier alpha value is -2.41. The molecule has 1 aromatic heterocycles. The third-order valence-corrected chi connectivity index (χ3v) is 3.38. The molecule has 7 heteroatoms. The van der Waals surface area contributed by atoms with Gasteiger partial charge in [-0.05, 0) is 26.0 Å². The quantitative estimate of drug-likeness (QED) is 0.828. The average Bonchev–Trinajstić information content (AvgIpc) is 2.95. The molecule has 0 saturated heterocycles. The zero-order chi connectivity index (χ0) is 15.9. The molecule has 22 heavy (non-hydrogen) atoms. The Morgan fingerprint density at radius 3 is 2.68 bits per heavy atom. The zero-order valence-corrected chi connectivity index (χ0v) is 13.1. The Bertz CT molecular complexity index is 652. The maximum atomic E-state index is 11.8. The highest BCUT2D eigenvalue weighted by atomic mass is 32.1. The van der Waals surface area contributed by atoms with E-state index in [4.69, 9.17) is 9.47 Å². The monoisotopic (exact) mass is 320 g/mol. The lowest BCUT2D eigenvalue weighted by atomic mass is 10.2. The number of esters is 1. The van der Waals surface area contributed by atoms with Gasteiger partial charge in [-0.1, -0.05) is 17.7 Å². The smallest absolute Gasteiger partial charge is 0.357 e. The van der Waals surface area contributed by atoms with Crippen LogP contribution in [0.3, 0.4) is 0 Å². The van der Waals surface area contributed by atoms with E-state index in [0.717, 1.165) is 16.9 Å². The molecule has 0 bridgehead atoms. The molecule has 0 fully saturated rings. The van der Waals surface area contributed by atoms with Gasteiger partial charge in [-0.3, -0.25) is 10.1 Å². The Morgan fingerprint density at radius 2 is 2.00 bits per heavy atom. The van der Waals surface area contributed by atoms with Crippen molar-refractivity contribution in [3.63, 3.8) is 0 Å². The molecular weight excluding hydrogens is 304 g/mol. The second kappa shape index (κ2) is 7.56. The van der Waals surface area contributed by atoms with Gasteiger partial charge in [-0.25, -0.2) is 9.78 Å². The van der Waals surface area contributed by atoms with E-state index < -0.39 is 5.97 Å². The molecule has 1 amide bonds. The van der Waals surface area contributed by atoms with Gasteiger partial charge in [0.2, 0.25) is 0 Å². The van der Waals surface area contributed by atoms with Crippen molar-refractivity contribution in [2.24, 2.45) is 0 Å². The molecule has 0 radical (unpaired) electrons. The van der Waals surface area contributed by atoms with E-state index in [-0.39, 0.29) is 24.8 Å². The van der Waals surface area contributed by atoms with E-state index >= 15 is 0 Å². The fraction of sp³-hybridized carbons (Fsp3) is 0.267. The van der Waals surface area contributed by atoms with Gasteiger partial charge >= 0.3 is 5.97 Å². The Morgan fingerprint density at radius 1 is 1.27 bits per heavy atom. The molecule has 0 saturated carbocycles. The molecule has 0 unspecified atom stereocenters. The van der Waals surface area contributed by atoms with Crippen LogP contribution in [0.2, 0.25) is 0 Å². The number of rotatable bonds is 6. The van der Waals surface area contributed by atoms with Crippen LogP contribution in [0.15, 0.2) is 29.6 Å². The summed E-state index contributed by atoms with van der Waals surface area (Å²) in [5.41, 5.74) is 1.30. The van der Waals surface area contributed by atoms with E-state index in [2.05, 4.69) is 10.3 Å². The molecule has 1 heterocycles. The second-order valence-corrected chi connectivity index (χ2v) is 5.27. The van der Waals surface area contributed by atoms with Crippen LogP contribution >= 0.6 is 11.3 Å². The van der Waals surface area contributed by atoms with Crippen LogP contribution in [-0.2, 0) is 9.53 Å². The molecular formula is C15H16N2O4S. The van der Waals surface area contributed by atoms with Gasteiger partial charge in [0.1, 0.15) is 5.75 Å². The van der Waals surface area contributed by atoms with Crippen LogP contribution in [0.1, 0.15) is 23.0 Å². The predicted molar refractivity (Wildman–Crippen MR) is 83.4 cm³/mol. The maximum absolute atomic E-state index is 11.8. The first-order valence-corrected chi connectivity index (χ1v) is 7.58. The first-order chi connectivity index (χ1) is 10.6. The lowest BCUT2D eigenvalue weighted by Crippen LogP contribution is -2.20. The average molecular weight is 320 g/mol. The Kier molecular flexibility index (Phi) is 5.48. The zero-order valence-electron chi connectivity index (χ0n) is 12.3. The SMILES string of the molecule is CCOC(=O)c1csc(NC(=O)COc2ccc(C)cc2)n1. The normalized spacial score (nSPS) is 10.1. The third-order valence-electron chi connectivity index (χ3n) is 2.63. The molecule has 0 aliphatic heterocycles. The molecule has 0 spiro atoms. The Balaban J connectivity index is 1.84. The highest BCUT2D eigenvalue weighted by Gasteiger charge is 2.13. The summed E-state index contributed by atoms with van der Waals surface area (Å²) < 4.78 is 10.2. The van der Waals surface area contributed by atoms with Gasteiger partial charge in [0.25, 0.3) is 5.91 Å². The van der Waals surface area contributed by atoms with E-state index in [0.29, 0.717) is 10.9 Å². The van der Waals surface area contributed by atoms with E-state index in [9.17, 15) is 9.59 Å². The Labute approximate surface area is 132 Å². The van der Waals surface area contributed by atoms with Gasteiger partial charge in [0, 0.05) is 5.38 Å². The van der Waals surface area contributed by atoms with Crippen molar-refractivity contribution >= 4 is 28.3 Å². The van der Waals surface area contributed by atoms with Gasteiger partial charge in [-0.2, -0.15) is 0 Å². The fourth-order valence-electron chi connectivity index (χ4n) is 1.57. The molecule has 2 rings (SSSR count). The number of nitrogens with zero attached hydrogens (tertiary/aromatic N) is 1. The summed E-state index contributed by atoms with van der Waals surface area (Å²) in [6.45, 7) is 3.84. The molecule has 0 atom stereocenters. The molecule has 1 aromatic carbocycles. The lowest BCUT2D eigenvalue weighted by molar-refractivity contribution is -0.118. The minimum Gasteiger partial charge on any atom is -0.484 e. The number of thiazole rings is 1. The number of nitrogens with one attached hydrogen (secondary N) is 1. The molecule has 0 aliphatic carbocycles. The molecule has 0 aliphatic rings. The van der Waals surface area contributed by atoms with Crippen molar-refractivity contribution in [3.8, 4) is 5.75 Å². The first-order valence-electron chi connectivity index (χ1n) is 6.70. The summed E-state index contributed by atoms with van der Waals surface area (Å²) in [7, 11) is 0. The first kappa shape index (κ1) is 16.0. The number of amides is 1. The van der Waals surface area contributed by atoms with Gasteiger partial charge in [0.15, 0.2) is 17.4 Å². The number of carbonyl (C=O) groups excluding carboxylic acids is 2. The number of hydrogen-bond donors (Lipinski definition) is 1. The highest BCUT2D eigenvalue weighted by molar-refractivity contribution is 7.14. The van der Waals surface area contributed by atoms with Crippen molar-refractivity contribution in [2.45, 2.75) is 13.8 Å². The van der Waals surface area contributed by atoms with Crippen LogP contribution in [-0.4, -0.2) is 30.1 Å².